The van der Waals surface area contributed by atoms with Crippen LogP contribution in [0.4, 0.5) is 0 Å². The molecule has 2 aliphatic rings. The Labute approximate surface area is 133 Å². The van der Waals surface area contributed by atoms with Crippen molar-refractivity contribution in [1.82, 2.24) is 4.90 Å². The fourth-order valence-electron chi connectivity index (χ4n) is 3.85. The SMILES string of the molecule is CC(CN1CC2CCC(N)C2C1)c1cccc(Cl)c1.Cl. The van der Waals surface area contributed by atoms with Crippen LogP contribution >= 0.6 is 24.0 Å². The monoisotopic (exact) mass is 314 g/mol. The van der Waals surface area contributed by atoms with Gasteiger partial charge < -0.3 is 10.6 Å². The third-order valence-electron chi connectivity index (χ3n) is 4.94. The lowest BCUT2D eigenvalue weighted by molar-refractivity contribution is 0.291. The molecule has 2 fully saturated rings. The van der Waals surface area contributed by atoms with E-state index in [0.29, 0.717) is 12.0 Å². The normalized spacial score (nSPS) is 30.9. The van der Waals surface area contributed by atoms with Crippen LogP contribution in [-0.2, 0) is 0 Å². The Morgan fingerprint density at radius 2 is 2.15 bits per heavy atom. The number of hydrogen-bond donors (Lipinski definition) is 1. The molecule has 3 rings (SSSR count). The smallest absolute Gasteiger partial charge is 0.0408 e. The molecule has 1 aromatic rings. The van der Waals surface area contributed by atoms with Crippen LogP contribution in [0.1, 0.15) is 31.2 Å². The average Bonchev–Trinajstić information content (AvgIpc) is 2.92. The highest BCUT2D eigenvalue weighted by atomic mass is 35.5. The fourth-order valence-corrected chi connectivity index (χ4v) is 4.05. The lowest BCUT2D eigenvalue weighted by Gasteiger charge is -2.22. The minimum Gasteiger partial charge on any atom is -0.327 e. The van der Waals surface area contributed by atoms with E-state index in [4.69, 9.17) is 17.3 Å². The Bertz CT molecular complexity index is 452. The van der Waals surface area contributed by atoms with E-state index in [2.05, 4.69) is 24.0 Å². The Balaban J connectivity index is 0.00000147. The van der Waals surface area contributed by atoms with Gasteiger partial charge in [0.15, 0.2) is 0 Å². The van der Waals surface area contributed by atoms with E-state index in [1.54, 1.807) is 0 Å². The number of likely N-dealkylation sites (tertiary alicyclic amines) is 1. The summed E-state index contributed by atoms with van der Waals surface area (Å²) in [5, 5.41) is 0.838. The number of fused-ring (bicyclic) bond motifs is 1. The molecule has 112 valence electrons. The van der Waals surface area contributed by atoms with Crippen molar-refractivity contribution in [2.24, 2.45) is 17.6 Å². The van der Waals surface area contributed by atoms with Crippen molar-refractivity contribution < 1.29 is 0 Å². The first-order valence-electron chi connectivity index (χ1n) is 7.37. The first kappa shape index (κ1) is 16.1. The topological polar surface area (TPSA) is 29.3 Å². The molecule has 0 spiro atoms. The zero-order chi connectivity index (χ0) is 13.4. The van der Waals surface area contributed by atoms with Crippen LogP contribution in [0.5, 0.6) is 0 Å². The van der Waals surface area contributed by atoms with Gasteiger partial charge in [-0.3, -0.25) is 0 Å². The molecule has 0 radical (unpaired) electrons. The number of nitrogens with two attached hydrogens (primary N) is 1. The summed E-state index contributed by atoms with van der Waals surface area (Å²) in [5.74, 6) is 2.13. The van der Waals surface area contributed by atoms with Gasteiger partial charge in [0.25, 0.3) is 0 Å². The summed E-state index contributed by atoms with van der Waals surface area (Å²) in [4.78, 5) is 2.60. The first-order chi connectivity index (χ1) is 9.13. The maximum Gasteiger partial charge on any atom is 0.0408 e. The lowest BCUT2D eigenvalue weighted by Crippen LogP contribution is -2.31. The van der Waals surface area contributed by atoms with Crippen molar-refractivity contribution in [1.29, 1.82) is 0 Å². The molecular formula is C16H24Cl2N2. The summed E-state index contributed by atoms with van der Waals surface area (Å²) in [6, 6.07) is 8.70. The predicted molar refractivity (Wildman–Crippen MR) is 87.7 cm³/mol. The van der Waals surface area contributed by atoms with Crippen molar-refractivity contribution in [2.45, 2.75) is 31.7 Å². The van der Waals surface area contributed by atoms with Gasteiger partial charge >= 0.3 is 0 Å². The lowest BCUT2D eigenvalue weighted by atomic mass is 9.98. The molecule has 2 N–H and O–H groups in total. The van der Waals surface area contributed by atoms with Gasteiger partial charge in [-0.15, -0.1) is 12.4 Å². The fraction of sp³-hybridized carbons (Fsp3) is 0.625. The van der Waals surface area contributed by atoms with Crippen molar-refractivity contribution >= 4 is 24.0 Å². The largest absolute Gasteiger partial charge is 0.327 e. The van der Waals surface area contributed by atoms with Gasteiger partial charge in [0, 0.05) is 30.7 Å². The van der Waals surface area contributed by atoms with Crippen LogP contribution in [0.2, 0.25) is 5.02 Å². The Morgan fingerprint density at radius 1 is 1.35 bits per heavy atom. The quantitative estimate of drug-likeness (QED) is 0.924. The highest BCUT2D eigenvalue weighted by molar-refractivity contribution is 6.30. The number of rotatable bonds is 3. The summed E-state index contributed by atoms with van der Waals surface area (Å²) in [7, 11) is 0. The van der Waals surface area contributed by atoms with Crippen LogP contribution in [-0.4, -0.2) is 30.6 Å². The number of halogens is 2. The maximum atomic E-state index is 6.20. The zero-order valence-electron chi connectivity index (χ0n) is 12.0. The number of benzene rings is 1. The third kappa shape index (κ3) is 3.30. The minimum atomic E-state index is 0. The molecular weight excluding hydrogens is 291 g/mol. The van der Waals surface area contributed by atoms with Gasteiger partial charge in [0.05, 0.1) is 0 Å². The minimum absolute atomic E-state index is 0. The second-order valence-electron chi connectivity index (χ2n) is 6.34. The van der Waals surface area contributed by atoms with Crippen LogP contribution in [0.15, 0.2) is 24.3 Å². The zero-order valence-corrected chi connectivity index (χ0v) is 13.5. The van der Waals surface area contributed by atoms with Gasteiger partial charge in [0.1, 0.15) is 0 Å². The molecule has 1 saturated heterocycles. The molecule has 0 bridgehead atoms. The van der Waals surface area contributed by atoms with Gasteiger partial charge in [-0.1, -0.05) is 30.7 Å². The number of hydrogen-bond acceptors (Lipinski definition) is 2. The summed E-state index contributed by atoms with van der Waals surface area (Å²) in [6.07, 6.45) is 2.56. The van der Waals surface area contributed by atoms with E-state index in [9.17, 15) is 0 Å². The Morgan fingerprint density at radius 3 is 2.85 bits per heavy atom. The highest BCUT2D eigenvalue weighted by Crippen LogP contribution is 2.37. The molecule has 4 unspecified atom stereocenters. The molecule has 20 heavy (non-hydrogen) atoms. The van der Waals surface area contributed by atoms with Crippen LogP contribution in [0, 0.1) is 11.8 Å². The van der Waals surface area contributed by atoms with Crippen LogP contribution in [0.25, 0.3) is 0 Å². The maximum absolute atomic E-state index is 6.20. The summed E-state index contributed by atoms with van der Waals surface area (Å²) < 4.78 is 0. The van der Waals surface area contributed by atoms with E-state index in [-0.39, 0.29) is 12.4 Å². The molecule has 4 heteroatoms. The van der Waals surface area contributed by atoms with Gasteiger partial charge in [-0.25, -0.2) is 0 Å². The van der Waals surface area contributed by atoms with Gasteiger partial charge in [-0.05, 0) is 48.3 Å². The van der Waals surface area contributed by atoms with Crippen molar-refractivity contribution in [3.63, 3.8) is 0 Å². The number of nitrogens with zero attached hydrogens (tertiary/aromatic N) is 1. The van der Waals surface area contributed by atoms with E-state index in [1.165, 1.54) is 31.5 Å². The van der Waals surface area contributed by atoms with E-state index < -0.39 is 0 Å². The van der Waals surface area contributed by atoms with E-state index >= 15 is 0 Å². The van der Waals surface area contributed by atoms with Crippen molar-refractivity contribution in [3.8, 4) is 0 Å². The predicted octanol–water partition coefficient (Wildman–Crippen LogP) is 3.53. The second kappa shape index (κ2) is 6.65. The molecule has 1 heterocycles. The molecule has 1 saturated carbocycles. The molecule has 0 amide bonds. The summed E-state index contributed by atoms with van der Waals surface area (Å²) in [5.41, 5.74) is 7.54. The highest BCUT2D eigenvalue weighted by Gasteiger charge is 2.40. The molecule has 1 aliphatic heterocycles. The Hall–Kier alpha value is -0.280. The molecule has 1 aliphatic carbocycles. The molecule has 2 nitrogen and oxygen atoms in total. The van der Waals surface area contributed by atoms with Crippen molar-refractivity contribution in [3.05, 3.63) is 34.9 Å². The molecule has 4 atom stereocenters. The first-order valence-corrected chi connectivity index (χ1v) is 7.74. The standard InChI is InChI=1S/C16H23ClN2.ClH/c1-11(12-3-2-4-14(17)7-12)8-19-9-13-5-6-16(18)15(13)10-19;/h2-4,7,11,13,15-16H,5-6,8-10,18H2,1H3;1H. The van der Waals surface area contributed by atoms with Gasteiger partial charge in [0.2, 0.25) is 0 Å². The van der Waals surface area contributed by atoms with Crippen LogP contribution in [0.3, 0.4) is 0 Å². The van der Waals surface area contributed by atoms with E-state index in [1.807, 2.05) is 12.1 Å². The van der Waals surface area contributed by atoms with Crippen LogP contribution < -0.4 is 5.73 Å². The van der Waals surface area contributed by atoms with E-state index in [0.717, 1.165) is 23.4 Å². The van der Waals surface area contributed by atoms with Gasteiger partial charge in [-0.2, -0.15) is 0 Å². The summed E-state index contributed by atoms with van der Waals surface area (Å²) in [6.45, 7) is 5.85. The Kier molecular flexibility index (Phi) is 5.36. The average molecular weight is 315 g/mol. The third-order valence-corrected chi connectivity index (χ3v) is 5.17. The second-order valence-corrected chi connectivity index (χ2v) is 6.78. The molecule has 1 aromatic carbocycles. The molecule has 0 aromatic heterocycles. The van der Waals surface area contributed by atoms with Crippen molar-refractivity contribution in [2.75, 3.05) is 19.6 Å². The summed E-state index contributed by atoms with van der Waals surface area (Å²) >= 11 is 6.07.